The van der Waals surface area contributed by atoms with Gasteiger partial charge in [-0.25, -0.2) is 17.9 Å². The van der Waals surface area contributed by atoms with E-state index in [1.807, 2.05) is 6.92 Å². The van der Waals surface area contributed by atoms with Crippen molar-refractivity contribution in [1.82, 2.24) is 4.72 Å². The number of aliphatic hydroxyl groups excluding tert-OH is 1. The Morgan fingerprint density at radius 1 is 1.43 bits per heavy atom. The van der Waals surface area contributed by atoms with Gasteiger partial charge in [0.25, 0.3) is 0 Å². The summed E-state index contributed by atoms with van der Waals surface area (Å²) in [5.41, 5.74) is -0.256. The molecule has 0 radical (unpaired) electrons. The third kappa shape index (κ3) is 5.28. The van der Waals surface area contributed by atoms with Crippen LogP contribution < -0.4 is 4.72 Å². The van der Waals surface area contributed by atoms with E-state index < -0.39 is 16.0 Å². The average Bonchev–Trinajstić information content (AvgIpc) is 2.43. The minimum atomic E-state index is -3.77. The molecule has 0 saturated heterocycles. The molecule has 118 valence electrons. The Morgan fingerprint density at radius 2 is 2.10 bits per heavy atom. The number of sulfonamides is 1. The summed E-state index contributed by atoms with van der Waals surface area (Å²) in [4.78, 5) is 10.8. The molecule has 0 aromatic heterocycles. The fourth-order valence-corrected chi connectivity index (χ4v) is 2.97. The number of rotatable bonds is 8. The zero-order valence-corrected chi connectivity index (χ0v) is 13.1. The Labute approximate surface area is 128 Å². The predicted molar refractivity (Wildman–Crippen MR) is 79.1 cm³/mol. The molecule has 1 atom stereocenters. The second kappa shape index (κ2) is 7.74. The molecule has 0 spiro atoms. The molecule has 0 aliphatic heterocycles. The van der Waals surface area contributed by atoms with Crippen molar-refractivity contribution < 1.29 is 23.4 Å². The summed E-state index contributed by atoms with van der Waals surface area (Å²) in [6.07, 6.45) is 1.28. The molecule has 1 aromatic carbocycles. The highest BCUT2D eigenvalue weighted by atomic mass is 35.5. The van der Waals surface area contributed by atoms with E-state index in [-0.39, 0.29) is 34.6 Å². The van der Waals surface area contributed by atoms with E-state index >= 15 is 0 Å². The van der Waals surface area contributed by atoms with Crippen LogP contribution in [0.15, 0.2) is 23.1 Å². The van der Waals surface area contributed by atoms with Crippen molar-refractivity contribution in [3.63, 3.8) is 0 Å². The fourth-order valence-electron chi connectivity index (χ4n) is 1.67. The lowest BCUT2D eigenvalue weighted by Gasteiger charge is -2.10. The number of aliphatic hydroxyl groups is 1. The molecule has 1 aromatic rings. The van der Waals surface area contributed by atoms with E-state index in [0.717, 1.165) is 6.07 Å². The minimum Gasteiger partial charge on any atom is -0.478 e. The number of benzene rings is 1. The van der Waals surface area contributed by atoms with Crippen LogP contribution in [0.3, 0.4) is 0 Å². The zero-order chi connectivity index (χ0) is 16.0. The Morgan fingerprint density at radius 3 is 2.67 bits per heavy atom. The number of carboxylic acids is 1. The van der Waals surface area contributed by atoms with Gasteiger partial charge in [0, 0.05) is 13.2 Å². The molecule has 1 rings (SSSR count). The molecule has 1 unspecified atom stereocenters. The lowest BCUT2D eigenvalue weighted by atomic mass is 10.1. The van der Waals surface area contributed by atoms with Crippen LogP contribution in [0.4, 0.5) is 0 Å². The average molecular weight is 336 g/mol. The second-order valence-electron chi connectivity index (χ2n) is 4.77. The minimum absolute atomic E-state index is 0.0155. The monoisotopic (exact) mass is 335 g/mol. The van der Waals surface area contributed by atoms with Crippen LogP contribution in [0.2, 0.25) is 5.02 Å². The molecular weight excluding hydrogens is 318 g/mol. The van der Waals surface area contributed by atoms with Gasteiger partial charge in [-0.1, -0.05) is 18.5 Å². The van der Waals surface area contributed by atoms with E-state index in [2.05, 4.69) is 4.72 Å². The molecule has 0 aliphatic rings. The maximum Gasteiger partial charge on any atom is 0.337 e. The SMILES string of the molecule is CC(CO)CCCNS(=O)(=O)c1ccc(Cl)c(C(=O)O)c1. The van der Waals surface area contributed by atoms with E-state index in [9.17, 15) is 13.2 Å². The van der Waals surface area contributed by atoms with Crippen molar-refractivity contribution in [3.05, 3.63) is 28.8 Å². The van der Waals surface area contributed by atoms with Crippen LogP contribution in [0.5, 0.6) is 0 Å². The Kier molecular flexibility index (Phi) is 6.60. The number of nitrogens with one attached hydrogen (secondary N) is 1. The fraction of sp³-hybridized carbons (Fsp3) is 0.462. The molecule has 3 N–H and O–H groups in total. The quantitative estimate of drug-likeness (QED) is 0.628. The van der Waals surface area contributed by atoms with E-state index in [0.29, 0.717) is 12.8 Å². The first-order valence-electron chi connectivity index (χ1n) is 6.41. The molecule has 0 saturated carbocycles. The Bertz CT molecular complexity index is 603. The van der Waals surface area contributed by atoms with Crippen LogP contribution in [0.1, 0.15) is 30.1 Å². The lowest BCUT2D eigenvalue weighted by Crippen LogP contribution is -2.25. The highest BCUT2D eigenvalue weighted by Crippen LogP contribution is 2.20. The van der Waals surface area contributed by atoms with E-state index in [4.69, 9.17) is 21.8 Å². The van der Waals surface area contributed by atoms with Gasteiger partial charge >= 0.3 is 5.97 Å². The number of hydrogen-bond acceptors (Lipinski definition) is 4. The van der Waals surface area contributed by atoms with Crippen LogP contribution >= 0.6 is 11.6 Å². The lowest BCUT2D eigenvalue weighted by molar-refractivity contribution is 0.0697. The molecule has 21 heavy (non-hydrogen) atoms. The maximum atomic E-state index is 12.0. The zero-order valence-electron chi connectivity index (χ0n) is 11.5. The summed E-state index contributed by atoms with van der Waals surface area (Å²) in [5.74, 6) is -1.17. The van der Waals surface area contributed by atoms with Gasteiger partial charge in [0.05, 0.1) is 15.5 Å². The smallest absolute Gasteiger partial charge is 0.337 e. The summed E-state index contributed by atoms with van der Waals surface area (Å²) < 4.78 is 26.5. The number of aromatic carboxylic acids is 1. The van der Waals surface area contributed by atoms with E-state index in [1.54, 1.807) is 0 Å². The summed E-state index contributed by atoms with van der Waals surface area (Å²) in [7, 11) is -3.77. The van der Waals surface area contributed by atoms with Gasteiger partial charge in [0.15, 0.2) is 0 Å². The van der Waals surface area contributed by atoms with Crippen molar-refractivity contribution in [2.45, 2.75) is 24.7 Å². The first-order chi connectivity index (χ1) is 9.77. The van der Waals surface area contributed by atoms with Gasteiger partial charge in [0.1, 0.15) is 0 Å². The van der Waals surface area contributed by atoms with Crippen molar-refractivity contribution in [2.24, 2.45) is 5.92 Å². The van der Waals surface area contributed by atoms with Crippen LogP contribution in [-0.2, 0) is 10.0 Å². The predicted octanol–water partition coefficient (Wildman–Crippen LogP) is 1.73. The summed E-state index contributed by atoms with van der Waals surface area (Å²) in [6.45, 7) is 2.15. The molecule has 0 fully saturated rings. The normalized spacial score (nSPS) is 13.1. The van der Waals surface area contributed by atoms with Gasteiger partial charge in [-0.15, -0.1) is 0 Å². The molecule has 0 aliphatic carbocycles. The number of carboxylic acid groups (broad SMARTS) is 1. The van der Waals surface area contributed by atoms with Gasteiger partial charge < -0.3 is 10.2 Å². The van der Waals surface area contributed by atoms with Gasteiger partial charge in [-0.2, -0.15) is 0 Å². The molecule has 0 amide bonds. The topological polar surface area (TPSA) is 104 Å². The summed E-state index contributed by atoms with van der Waals surface area (Å²) in [6, 6.07) is 3.53. The second-order valence-corrected chi connectivity index (χ2v) is 6.95. The first-order valence-corrected chi connectivity index (χ1v) is 8.27. The molecular formula is C13H18ClNO5S. The van der Waals surface area contributed by atoms with Crippen molar-refractivity contribution in [1.29, 1.82) is 0 Å². The van der Waals surface area contributed by atoms with E-state index in [1.165, 1.54) is 12.1 Å². The third-order valence-corrected chi connectivity index (χ3v) is 4.74. The van der Waals surface area contributed by atoms with Crippen molar-refractivity contribution in [2.75, 3.05) is 13.2 Å². The van der Waals surface area contributed by atoms with Gasteiger partial charge in [-0.05, 0) is 37.0 Å². The van der Waals surface area contributed by atoms with Gasteiger partial charge in [-0.3, -0.25) is 0 Å². The highest BCUT2D eigenvalue weighted by molar-refractivity contribution is 7.89. The largest absolute Gasteiger partial charge is 0.478 e. The number of halogens is 1. The first kappa shape index (κ1) is 17.9. The van der Waals surface area contributed by atoms with Crippen LogP contribution in [0, 0.1) is 5.92 Å². The van der Waals surface area contributed by atoms with Gasteiger partial charge in [0.2, 0.25) is 10.0 Å². The van der Waals surface area contributed by atoms with Crippen molar-refractivity contribution >= 4 is 27.6 Å². The Hall–Kier alpha value is -1.15. The molecule has 0 bridgehead atoms. The number of carbonyl (C=O) groups is 1. The standard InChI is InChI=1S/C13H18ClNO5S/c1-9(8-16)3-2-6-15-21(19,20)10-4-5-12(14)11(7-10)13(17)18/h4-5,7,9,15-16H,2-3,6,8H2,1H3,(H,17,18). The molecule has 8 heteroatoms. The maximum absolute atomic E-state index is 12.0. The molecule has 0 heterocycles. The Balaban J connectivity index is 2.75. The summed E-state index contributed by atoms with van der Waals surface area (Å²) in [5, 5.41) is 17.8. The third-order valence-electron chi connectivity index (χ3n) is 2.96. The summed E-state index contributed by atoms with van der Waals surface area (Å²) >= 11 is 5.70. The highest BCUT2D eigenvalue weighted by Gasteiger charge is 2.18. The molecule has 6 nitrogen and oxygen atoms in total. The van der Waals surface area contributed by atoms with Crippen molar-refractivity contribution in [3.8, 4) is 0 Å². The number of hydrogen-bond donors (Lipinski definition) is 3. The van der Waals surface area contributed by atoms with Crippen LogP contribution in [0.25, 0.3) is 0 Å². The van der Waals surface area contributed by atoms with Crippen LogP contribution in [-0.4, -0.2) is 37.8 Å².